The minimum atomic E-state index is 0.0125. The SMILES string of the molecule is COCCNC(=O)CCNc1cccc(N)c1. The minimum Gasteiger partial charge on any atom is -0.399 e. The molecule has 5 nitrogen and oxygen atoms in total. The van der Waals surface area contributed by atoms with E-state index >= 15 is 0 Å². The molecule has 0 aromatic heterocycles. The number of amides is 1. The molecule has 5 heteroatoms. The number of nitrogens with two attached hydrogens (primary N) is 1. The average molecular weight is 237 g/mol. The van der Waals surface area contributed by atoms with Crippen LogP contribution in [0.1, 0.15) is 6.42 Å². The van der Waals surface area contributed by atoms with E-state index in [0.29, 0.717) is 31.8 Å². The van der Waals surface area contributed by atoms with E-state index in [1.165, 1.54) is 0 Å². The zero-order chi connectivity index (χ0) is 12.5. The second-order valence-electron chi connectivity index (χ2n) is 3.64. The highest BCUT2D eigenvalue weighted by molar-refractivity contribution is 5.76. The number of carbonyl (C=O) groups excluding carboxylic acids is 1. The van der Waals surface area contributed by atoms with Crippen LogP contribution in [0.3, 0.4) is 0 Å². The summed E-state index contributed by atoms with van der Waals surface area (Å²) in [6.45, 7) is 1.67. The van der Waals surface area contributed by atoms with Crippen molar-refractivity contribution in [2.75, 3.05) is 37.9 Å². The first kappa shape index (κ1) is 13.3. The highest BCUT2D eigenvalue weighted by atomic mass is 16.5. The van der Waals surface area contributed by atoms with Gasteiger partial charge in [0.25, 0.3) is 0 Å². The van der Waals surface area contributed by atoms with E-state index in [1.807, 2.05) is 24.3 Å². The second-order valence-corrected chi connectivity index (χ2v) is 3.64. The molecular weight excluding hydrogens is 218 g/mol. The van der Waals surface area contributed by atoms with Gasteiger partial charge in [-0.2, -0.15) is 0 Å². The summed E-state index contributed by atoms with van der Waals surface area (Å²) in [4.78, 5) is 11.3. The summed E-state index contributed by atoms with van der Waals surface area (Å²) in [6.07, 6.45) is 0.429. The first-order valence-corrected chi connectivity index (χ1v) is 5.57. The van der Waals surface area contributed by atoms with Crippen LogP contribution in [0, 0.1) is 0 Å². The summed E-state index contributed by atoms with van der Waals surface area (Å²) >= 11 is 0. The fraction of sp³-hybridized carbons (Fsp3) is 0.417. The molecule has 0 unspecified atom stereocenters. The quantitative estimate of drug-likeness (QED) is 0.485. The van der Waals surface area contributed by atoms with Crippen LogP contribution < -0.4 is 16.4 Å². The fourth-order valence-corrected chi connectivity index (χ4v) is 1.35. The number of rotatable bonds is 7. The first-order chi connectivity index (χ1) is 8.22. The van der Waals surface area contributed by atoms with E-state index in [-0.39, 0.29) is 5.91 Å². The van der Waals surface area contributed by atoms with Gasteiger partial charge in [0.15, 0.2) is 0 Å². The van der Waals surface area contributed by atoms with E-state index in [0.717, 1.165) is 5.69 Å². The number of nitrogens with one attached hydrogen (secondary N) is 2. The van der Waals surface area contributed by atoms with Crippen molar-refractivity contribution in [3.05, 3.63) is 24.3 Å². The Morgan fingerprint density at radius 1 is 1.41 bits per heavy atom. The van der Waals surface area contributed by atoms with Crippen molar-refractivity contribution >= 4 is 17.3 Å². The number of ether oxygens (including phenoxy) is 1. The van der Waals surface area contributed by atoms with Crippen molar-refractivity contribution in [3.63, 3.8) is 0 Å². The Labute approximate surface area is 101 Å². The normalized spacial score (nSPS) is 9.94. The zero-order valence-electron chi connectivity index (χ0n) is 10.0. The molecule has 0 aliphatic rings. The Morgan fingerprint density at radius 2 is 2.24 bits per heavy atom. The molecule has 0 saturated heterocycles. The third-order valence-electron chi connectivity index (χ3n) is 2.20. The third kappa shape index (κ3) is 5.77. The van der Waals surface area contributed by atoms with Gasteiger partial charge in [-0.15, -0.1) is 0 Å². The Hall–Kier alpha value is -1.75. The molecule has 1 amide bonds. The van der Waals surface area contributed by atoms with Crippen molar-refractivity contribution in [3.8, 4) is 0 Å². The number of benzene rings is 1. The Kier molecular flexibility index (Phi) is 5.88. The maximum Gasteiger partial charge on any atom is 0.221 e. The van der Waals surface area contributed by atoms with Crippen molar-refractivity contribution in [2.24, 2.45) is 0 Å². The van der Waals surface area contributed by atoms with E-state index in [2.05, 4.69) is 10.6 Å². The van der Waals surface area contributed by atoms with Crippen molar-refractivity contribution in [2.45, 2.75) is 6.42 Å². The largest absolute Gasteiger partial charge is 0.399 e. The number of nitrogen functional groups attached to an aromatic ring is 1. The molecule has 1 rings (SSSR count). The fourth-order valence-electron chi connectivity index (χ4n) is 1.35. The van der Waals surface area contributed by atoms with Gasteiger partial charge in [0.1, 0.15) is 0 Å². The van der Waals surface area contributed by atoms with Gasteiger partial charge in [-0.25, -0.2) is 0 Å². The predicted molar refractivity (Wildman–Crippen MR) is 68.8 cm³/mol. The minimum absolute atomic E-state index is 0.0125. The first-order valence-electron chi connectivity index (χ1n) is 5.57. The van der Waals surface area contributed by atoms with Gasteiger partial charge in [0, 0.05) is 38.0 Å². The highest BCUT2D eigenvalue weighted by Crippen LogP contribution is 2.11. The third-order valence-corrected chi connectivity index (χ3v) is 2.20. The number of hydrogen-bond acceptors (Lipinski definition) is 4. The molecule has 1 aromatic carbocycles. The van der Waals surface area contributed by atoms with Crippen LogP contribution in [-0.2, 0) is 9.53 Å². The number of methoxy groups -OCH3 is 1. The van der Waals surface area contributed by atoms with E-state index in [4.69, 9.17) is 10.5 Å². The Morgan fingerprint density at radius 3 is 2.94 bits per heavy atom. The smallest absolute Gasteiger partial charge is 0.221 e. The molecule has 0 saturated carbocycles. The molecule has 0 aliphatic carbocycles. The lowest BCUT2D eigenvalue weighted by molar-refractivity contribution is -0.121. The van der Waals surface area contributed by atoms with E-state index in [9.17, 15) is 4.79 Å². The number of hydrogen-bond donors (Lipinski definition) is 3. The summed E-state index contributed by atoms with van der Waals surface area (Å²) in [7, 11) is 1.60. The van der Waals surface area contributed by atoms with Gasteiger partial charge in [-0.05, 0) is 18.2 Å². The van der Waals surface area contributed by atoms with Crippen LogP contribution >= 0.6 is 0 Å². The lowest BCUT2D eigenvalue weighted by Crippen LogP contribution is -2.28. The monoisotopic (exact) mass is 237 g/mol. The van der Waals surface area contributed by atoms with Gasteiger partial charge in [0.2, 0.25) is 5.91 Å². The van der Waals surface area contributed by atoms with Crippen LogP contribution in [0.4, 0.5) is 11.4 Å². The van der Waals surface area contributed by atoms with Crippen LogP contribution in [0.15, 0.2) is 24.3 Å². The van der Waals surface area contributed by atoms with Crippen LogP contribution in [-0.4, -0.2) is 32.7 Å². The molecule has 0 aliphatic heterocycles. The summed E-state index contributed by atoms with van der Waals surface area (Å²) in [5, 5.41) is 5.89. The molecule has 1 aromatic rings. The lowest BCUT2D eigenvalue weighted by Gasteiger charge is -2.07. The predicted octanol–water partition coefficient (Wildman–Crippen LogP) is 0.833. The van der Waals surface area contributed by atoms with Gasteiger partial charge >= 0.3 is 0 Å². The molecule has 0 fully saturated rings. The standard InChI is InChI=1S/C12H19N3O2/c1-17-8-7-15-12(16)5-6-14-11-4-2-3-10(13)9-11/h2-4,9,14H,5-8,13H2,1H3,(H,15,16). The van der Waals surface area contributed by atoms with Gasteiger partial charge in [-0.1, -0.05) is 6.07 Å². The highest BCUT2D eigenvalue weighted by Gasteiger charge is 2.00. The molecule has 4 N–H and O–H groups in total. The van der Waals surface area contributed by atoms with Crippen molar-refractivity contribution in [1.29, 1.82) is 0 Å². The maximum atomic E-state index is 11.3. The van der Waals surface area contributed by atoms with Crippen molar-refractivity contribution < 1.29 is 9.53 Å². The van der Waals surface area contributed by atoms with Gasteiger partial charge in [0.05, 0.1) is 6.61 Å². The van der Waals surface area contributed by atoms with Gasteiger partial charge in [-0.3, -0.25) is 4.79 Å². The number of carbonyl (C=O) groups is 1. The topological polar surface area (TPSA) is 76.4 Å². The molecule has 0 heterocycles. The summed E-state index contributed by atoms with van der Waals surface area (Å²) in [5.74, 6) is 0.0125. The summed E-state index contributed by atoms with van der Waals surface area (Å²) in [6, 6.07) is 7.45. The van der Waals surface area contributed by atoms with E-state index in [1.54, 1.807) is 7.11 Å². The molecule has 94 valence electrons. The van der Waals surface area contributed by atoms with E-state index < -0.39 is 0 Å². The molecular formula is C12H19N3O2. The van der Waals surface area contributed by atoms with Gasteiger partial charge < -0.3 is 21.1 Å². The van der Waals surface area contributed by atoms with Crippen molar-refractivity contribution in [1.82, 2.24) is 5.32 Å². The van der Waals surface area contributed by atoms with Crippen LogP contribution in [0.5, 0.6) is 0 Å². The summed E-state index contributed by atoms with van der Waals surface area (Å²) < 4.78 is 4.83. The molecule has 17 heavy (non-hydrogen) atoms. The summed E-state index contributed by atoms with van der Waals surface area (Å²) in [5.41, 5.74) is 7.27. The van der Waals surface area contributed by atoms with Crippen LogP contribution in [0.25, 0.3) is 0 Å². The Bertz CT molecular complexity index is 355. The molecule has 0 spiro atoms. The van der Waals surface area contributed by atoms with Crippen LogP contribution in [0.2, 0.25) is 0 Å². The molecule has 0 atom stereocenters. The lowest BCUT2D eigenvalue weighted by atomic mass is 10.3. The zero-order valence-corrected chi connectivity index (χ0v) is 10.0. The maximum absolute atomic E-state index is 11.3. The average Bonchev–Trinajstić information content (AvgIpc) is 2.29. The number of anilines is 2. The Balaban J connectivity index is 2.17. The molecule has 0 radical (unpaired) electrons. The second kappa shape index (κ2) is 7.51. The molecule has 0 bridgehead atoms.